The summed E-state index contributed by atoms with van der Waals surface area (Å²) in [5.74, 6) is -0.257. The standard InChI is InChI=1S/C25H39NO4SSi/c1-9-19-29-22(27)17-14-18-23(30-32(7,8)25(4,5)6)31-21-16-13-12-15-20(21)24(28)26(10-2)11-3/h9,12-13,15-16,18H,1,10-11,14,17,19H2,2-8H3/b23-18+. The van der Waals surface area contributed by atoms with Crippen molar-refractivity contribution in [3.63, 3.8) is 0 Å². The van der Waals surface area contributed by atoms with Crippen LogP contribution in [0.5, 0.6) is 0 Å². The number of thioether (sulfide) groups is 1. The van der Waals surface area contributed by atoms with Gasteiger partial charge in [0.25, 0.3) is 14.2 Å². The normalized spacial score (nSPS) is 12.3. The fourth-order valence-electron chi connectivity index (χ4n) is 2.56. The molecule has 0 radical (unpaired) electrons. The lowest BCUT2D eigenvalue weighted by molar-refractivity contribution is -0.142. The van der Waals surface area contributed by atoms with Gasteiger partial charge in [0.2, 0.25) is 0 Å². The van der Waals surface area contributed by atoms with Gasteiger partial charge in [0, 0.05) is 24.4 Å². The monoisotopic (exact) mass is 477 g/mol. The van der Waals surface area contributed by atoms with Crippen LogP contribution in [0.1, 0.15) is 57.8 Å². The number of carbonyl (C=O) groups is 2. The molecule has 0 aliphatic carbocycles. The smallest absolute Gasteiger partial charge is 0.306 e. The maximum absolute atomic E-state index is 13.0. The van der Waals surface area contributed by atoms with Crippen molar-refractivity contribution < 1.29 is 18.8 Å². The van der Waals surface area contributed by atoms with Gasteiger partial charge in [0.1, 0.15) is 11.7 Å². The van der Waals surface area contributed by atoms with Gasteiger partial charge in [-0.05, 0) is 56.6 Å². The number of benzene rings is 1. The molecule has 0 N–H and O–H groups in total. The lowest BCUT2D eigenvalue weighted by atomic mass is 10.2. The molecule has 1 amide bonds. The molecule has 5 nitrogen and oxygen atoms in total. The van der Waals surface area contributed by atoms with Crippen LogP contribution in [-0.2, 0) is 14.0 Å². The molecule has 0 spiro atoms. The number of allylic oxidation sites excluding steroid dienone is 1. The topological polar surface area (TPSA) is 55.8 Å². The Balaban J connectivity index is 3.19. The van der Waals surface area contributed by atoms with Gasteiger partial charge >= 0.3 is 5.97 Å². The highest BCUT2D eigenvalue weighted by molar-refractivity contribution is 8.03. The van der Waals surface area contributed by atoms with Crippen molar-refractivity contribution >= 4 is 32.0 Å². The Kier molecular flexibility index (Phi) is 11.3. The van der Waals surface area contributed by atoms with Crippen LogP contribution in [0.4, 0.5) is 0 Å². The van der Waals surface area contributed by atoms with Crippen molar-refractivity contribution in [3.8, 4) is 0 Å². The van der Waals surface area contributed by atoms with Gasteiger partial charge in [0.15, 0.2) is 0 Å². The summed E-state index contributed by atoms with van der Waals surface area (Å²) in [5, 5.41) is 0.749. The Labute approximate surface area is 199 Å². The van der Waals surface area contributed by atoms with Crippen molar-refractivity contribution in [2.75, 3.05) is 19.7 Å². The summed E-state index contributed by atoms with van der Waals surface area (Å²) in [6.07, 6.45) is 4.26. The van der Waals surface area contributed by atoms with E-state index in [1.807, 2.05) is 49.1 Å². The average Bonchev–Trinajstić information content (AvgIpc) is 2.72. The Morgan fingerprint density at radius 1 is 1.16 bits per heavy atom. The lowest BCUT2D eigenvalue weighted by Gasteiger charge is -2.37. The predicted molar refractivity (Wildman–Crippen MR) is 136 cm³/mol. The van der Waals surface area contributed by atoms with Crippen LogP contribution < -0.4 is 0 Å². The molecule has 0 fully saturated rings. The molecule has 32 heavy (non-hydrogen) atoms. The number of ether oxygens (including phenoxy) is 1. The summed E-state index contributed by atoms with van der Waals surface area (Å²) >= 11 is 1.45. The Bertz CT molecular complexity index is 810. The summed E-state index contributed by atoms with van der Waals surface area (Å²) in [5.41, 5.74) is 0.663. The van der Waals surface area contributed by atoms with E-state index in [0.29, 0.717) is 25.1 Å². The fourth-order valence-corrected chi connectivity index (χ4v) is 5.08. The molecule has 0 aliphatic heterocycles. The lowest BCUT2D eigenvalue weighted by Crippen LogP contribution is -2.40. The van der Waals surface area contributed by atoms with Crippen LogP contribution in [0.2, 0.25) is 18.1 Å². The summed E-state index contributed by atoms with van der Waals surface area (Å²) in [4.78, 5) is 27.6. The van der Waals surface area contributed by atoms with Gasteiger partial charge in [0.05, 0.1) is 5.56 Å². The Morgan fingerprint density at radius 3 is 2.34 bits per heavy atom. The van der Waals surface area contributed by atoms with Crippen molar-refractivity contribution in [1.82, 2.24) is 4.90 Å². The molecule has 0 bridgehead atoms. The third-order valence-electron chi connectivity index (χ3n) is 5.56. The van der Waals surface area contributed by atoms with Crippen LogP contribution >= 0.6 is 11.8 Å². The number of hydrogen-bond acceptors (Lipinski definition) is 5. The molecule has 1 aromatic rings. The minimum Gasteiger partial charge on any atom is -0.539 e. The highest BCUT2D eigenvalue weighted by Gasteiger charge is 2.39. The zero-order valence-corrected chi connectivity index (χ0v) is 22.5. The SMILES string of the molecule is C=CCOC(=O)CC/C=C(\O[Si](C)(C)C(C)(C)C)Sc1ccccc1C(=O)N(CC)CC. The molecule has 0 aromatic heterocycles. The van der Waals surface area contributed by atoms with E-state index in [4.69, 9.17) is 9.16 Å². The second kappa shape index (κ2) is 12.9. The van der Waals surface area contributed by atoms with E-state index in [9.17, 15) is 9.59 Å². The van der Waals surface area contributed by atoms with Crippen LogP contribution in [0.15, 0.2) is 53.0 Å². The predicted octanol–water partition coefficient (Wildman–Crippen LogP) is 6.63. The van der Waals surface area contributed by atoms with E-state index in [2.05, 4.69) is 40.4 Å². The molecule has 7 heteroatoms. The van der Waals surface area contributed by atoms with E-state index in [1.165, 1.54) is 11.8 Å². The molecule has 0 heterocycles. The fraction of sp³-hybridized carbons (Fsp3) is 0.520. The molecule has 1 rings (SSSR count). The first-order valence-corrected chi connectivity index (χ1v) is 14.9. The van der Waals surface area contributed by atoms with Crippen LogP contribution in [0.25, 0.3) is 0 Å². The zero-order chi connectivity index (χ0) is 24.4. The number of carbonyl (C=O) groups excluding carboxylic acids is 2. The minimum atomic E-state index is -2.11. The molecule has 0 unspecified atom stereocenters. The van der Waals surface area contributed by atoms with E-state index in [-0.39, 0.29) is 29.9 Å². The largest absolute Gasteiger partial charge is 0.539 e. The van der Waals surface area contributed by atoms with E-state index < -0.39 is 8.32 Å². The number of nitrogens with zero attached hydrogens (tertiary/aromatic N) is 1. The third-order valence-corrected chi connectivity index (χ3v) is 11.1. The molecule has 0 atom stereocenters. The molecule has 0 aliphatic rings. The zero-order valence-electron chi connectivity index (χ0n) is 20.7. The summed E-state index contributed by atoms with van der Waals surface area (Å²) in [6.45, 7) is 20.0. The maximum atomic E-state index is 13.0. The summed E-state index contributed by atoms with van der Waals surface area (Å²) < 4.78 is 11.7. The highest BCUT2D eigenvalue weighted by Crippen LogP contribution is 2.41. The van der Waals surface area contributed by atoms with Crippen molar-refractivity contribution in [2.24, 2.45) is 0 Å². The van der Waals surface area contributed by atoms with E-state index in [0.717, 1.165) is 9.99 Å². The first kappa shape index (κ1) is 28.0. The van der Waals surface area contributed by atoms with E-state index >= 15 is 0 Å². The van der Waals surface area contributed by atoms with Gasteiger partial charge in [-0.3, -0.25) is 9.59 Å². The molecule has 1 aromatic carbocycles. The van der Waals surface area contributed by atoms with Crippen molar-refractivity contribution in [1.29, 1.82) is 0 Å². The average molecular weight is 478 g/mol. The van der Waals surface area contributed by atoms with Crippen molar-refractivity contribution in [3.05, 3.63) is 53.7 Å². The minimum absolute atomic E-state index is 0.0118. The van der Waals surface area contributed by atoms with Gasteiger partial charge in [-0.1, -0.05) is 57.3 Å². The maximum Gasteiger partial charge on any atom is 0.306 e. The summed E-state index contributed by atoms with van der Waals surface area (Å²) in [6, 6.07) is 7.62. The molecule has 0 saturated heterocycles. The Morgan fingerprint density at radius 2 is 1.78 bits per heavy atom. The number of amides is 1. The van der Waals surface area contributed by atoms with E-state index in [1.54, 1.807) is 6.08 Å². The number of hydrogen-bond donors (Lipinski definition) is 0. The van der Waals surface area contributed by atoms with Gasteiger partial charge < -0.3 is 14.1 Å². The van der Waals surface area contributed by atoms with Crippen LogP contribution in [-0.4, -0.2) is 44.8 Å². The van der Waals surface area contributed by atoms with Gasteiger partial charge in [-0.25, -0.2) is 0 Å². The van der Waals surface area contributed by atoms with Gasteiger partial charge in [-0.15, -0.1) is 0 Å². The number of esters is 1. The van der Waals surface area contributed by atoms with Crippen LogP contribution in [0, 0.1) is 0 Å². The second-order valence-corrected chi connectivity index (χ2v) is 14.7. The summed E-state index contributed by atoms with van der Waals surface area (Å²) in [7, 11) is -2.11. The highest BCUT2D eigenvalue weighted by atomic mass is 32.2. The number of rotatable bonds is 12. The quantitative estimate of drug-likeness (QED) is 0.111. The van der Waals surface area contributed by atoms with Crippen molar-refractivity contribution in [2.45, 2.75) is 70.5 Å². The second-order valence-electron chi connectivity index (χ2n) is 8.97. The molecular formula is C25H39NO4SSi. The Hall–Kier alpha value is -1.99. The van der Waals surface area contributed by atoms with Crippen LogP contribution in [0.3, 0.4) is 0 Å². The first-order chi connectivity index (χ1) is 15.0. The molecule has 0 saturated carbocycles. The molecular weight excluding hydrogens is 438 g/mol. The molecule has 178 valence electrons. The third kappa shape index (κ3) is 8.51. The van der Waals surface area contributed by atoms with Gasteiger partial charge in [-0.2, -0.15) is 0 Å². The first-order valence-electron chi connectivity index (χ1n) is 11.2.